The Morgan fingerprint density at radius 2 is 1.90 bits per heavy atom. The van der Waals surface area contributed by atoms with Gasteiger partial charge in [0.25, 0.3) is 0 Å². The number of ether oxygens (including phenoxy) is 1. The van der Waals surface area contributed by atoms with Crippen LogP contribution in [0.15, 0.2) is 53.0 Å². The van der Waals surface area contributed by atoms with Crippen molar-refractivity contribution in [2.45, 2.75) is 0 Å². The number of rotatable bonds is 4. The Kier molecular flexibility index (Phi) is 4.58. The third-order valence-corrected chi connectivity index (χ3v) is 3.29. The Morgan fingerprint density at radius 3 is 2.55 bits per heavy atom. The Balaban J connectivity index is 2.17. The van der Waals surface area contributed by atoms with Crippen LogP contribution in [0, 0.1) is 0 Å². The number of carbonyl (C=O) groups is 1. The first-order valence-corrected chi connectivity index (χ1v) is 6.74. The number of ketones is 1. The van der Waals surface area contributed by atoms with Gasteiger partial charge in [-0.05, 0) is 42.0 Å². The smallest absolute Gasteiger partial charge is 0.185 e. The maximum atomic E-state index is 12.0. The second-order valence-electron chi connectivity index (χ2n) is 4.14. The highest BCUT2D eigenvalue weighted by Crippen LogP contribution is 2.26. The van der Waals surface area contributed by atoms with Gasteiger partial charge in [-0.1, -0.05) is 34.1 Å². The van der Waals surface area contributed by atoms with Crippen molar-refractivity contribution in [3.63, 3.8) is 0 Å². The summed E-state index contributed by atoms with van der Waals surface area (Å²) < 4.78 is 5.97. The predicted octanol–water partition coefficient (Wildman–Crippen LogP) is 4.06. The van der Waals surface area contributed by atoms with Gasteiger partial charge in [-0.25, -0.2) is 0 Å². The largest absolute Gasteiger partial charge is 0.504 e. The van der Waals surface area contributed by atoms with Crippen molar-refractivity contribution in [3.05, 3.63) is 64.1 Å². The van der Waals surface area contributed by atoms with E-state index in [9.17, 15) is 9.90 Å². The van der Waals surface area contributed by atoms with Crippen molar-refractivity contribution in [1.82, 2.24) is 0 Å². The van der Waals surface area contributed by atoms with E-state index < -0.39 is 0 Å². The number of aromatic hydroxyl groups is 1. The second kappa shape index (κ2) is 6.39. The molecule has 4 heteroatoms. The molecule has 0 unspecified atom stereocenters. The normalized spacial score (nSPS) is 10.7. The fraction of sp³-hybridized carbons (Fsp3) is 0.0625. The van der Waals surface area contributed by atoms with E-state index in [0.29, 0.717) is 5.56 Å². The van der Waals surface area contributed by atoms with E-state index in [2.05, 4.69) is 15.9 Å². The van der Waals surface area contributed by atoms with Crippen LogP contribution < -0.4 is 4.74 Å². The van der Waals surface area contributed by atoms with E-state index in [4.69, 9.17) is 4.74 Å². The summed E-state index contributed by atoms with van der Waals surface area (Å²) in [6.07, 6.45) is 3.24. The lowest BCUT2D eigenvalue weighted by atomic mass is 10.1. The molecule has 1 N–H and O–H groups in total. The zero-order chi connectivity index (χ0) is 14.5. The van der Waals surface area contributed by atoms with Gasteiger partial charge in [-0.2, -0.15) is 0 Å². The van der Waals surface area contributed by atoms with Gasteiger partial charge in [-0.15, -0.1) is 0 Å². The van der Waals surface area contributed by atoms with Crippen LogP contribution in [0.4, 0.5) is 0 Å². The Labute approximate surface area is 125 Å². The molecular weight excluding hydrogens is 320 g/mol. The SMILES string of the molecule is COc1cc(C(=O)C=Cc2ccc(Br)cc2)ccc1O. The van der Waals surface area contributed by atoms with E-state index in [0.717, 1.165) is 10.0 Å². The maximum Gasteiger partial charge on any atom is 0.185 e. The van der Waals surface area contributed by atoms with Crippen LogP contribution in [0.5, 0.6) is 11.5 Å². The molecule has 0 amide bonds. The molecule has 20 heavy (non-hydrogen) atoms. The van der Waals surface area contributed by atoms with Gasteiger partial charge in [-0.3, -0.25) is 4.79 Å². The number of benzene rings is 2. The van der Waals surface area contributed by atoms with Gasteiger partial charge >= 0.3 is 0 Å². The quantitative estimate of drug-likeness (QED) is 0.678. The van der Waals surface area contributed by atoms with Crippen LogP contribution in [-0.2, 0) is 0 Å². The van der Waals surface area contributed by atoms with Crippen LogP contribution in [-0.4, -0.2) is 18.0 Å². The molecule has 2 aromatic carbocycles. The van der Waals surface area contributed by atoms with Crippen molar-refractivity contribution in [3.8, 4) is 11.5 Å². The number of methoxy groups -OCH3 is 1. The van der Waals surface area contributed by atoms with Crippen molar-refractivity contribution in [2.24, 2.45) is 0 Å². The van der Waals surface area contributed by atoms with Crippen molar-refractivity contribution < 1.29 is 14.6 Å². The number of hydrogen-bond acceptors (Lipinski definition) is 3. The average molecular weight is 333 g/mol. The number of halogens is 1. The lowest BCUT2D eigenvalue weighted by Crippen LogP contribution is -1.95. The molecule has 2 rings (SSSR count). The summed E-state index contributed by atoms with van der Waals surface area (Å²) in [4.78, 5) is 12.0. The Bertz CT molecular complexity index is 645. The summed E-state index contributed by atoms with van der Waals surface area (Å²) >= 11 is 3.36. The first-order chi connectivity index (χ1) is 9.60. The topological polar surface area (TPSA) is 46.5 Å². The lowest BCUT2D eigenvalue weighted by Gasteiger charge is -2.04. The van der Waals surface area contributed by atoms with Gasteiger partial charge < -0.3 is 9.84 Å². The minimum absolute atomic E-state index is 0.0148. The van der Waals surface area contributed by atoms with Crippen LogP contribution >= 0.6 is 15.9 Å². The number of allylic oxidation sites excluding steroid dienone is 1. The van der Waals surface area contributed by atoms with E-state index in [1.54, 1.807) is 12.1 Å². The van der Waals surface area contributed by atoms with Crippen LogP contribution in [0.3, 0.4) is 0 Å². The standard InChI is InChI=1S/C16H13BrO3/c1-20-16-10-12(5-9-15(16)19)14(18)8-4-11-2-6-13(17)7-3-11/h2-10,19H,1H3. The third kappa shape index (κ3) is 3.48. The monoisotopic (exact) mass is 332 g/mol. The Hall–Kier alpha value is -2.07. The molecule has 102 valence electrons. The predicted molar refractivity (Wildman–Crippen MR) is 82.2 cm³/mol. The van der Waals surface area contributed by atoms with Crippen molar-refractivity contribution in [2.75, 3.05) is 7.11 Å². The highest BCUT2D eigenvalue weighted by Gasteiger charge is 2.07. The van der Waals surface area contributed by atoms with Gasteiger partial charge in [0.15, 0.2) is 17.3 Å². The fourth-order valence-corrected chi connectivity index (χ4v) is 1.94. The molecule has 2 aromatic rings. The number of carbonyl (C=O) groups excluding carboxylic acids is 1. The number of hydrogen-bond donors (Lipinski definition) is 1. The molecule has 0 bridgehead atoms. The fourth-order valence-electron chi connectivity index (χ4n) is 1.67. The third-order valence-electron chi connectivity index (χ3n) is 2.76. The molecule has 0 atom stereocenters. The molecule has 0 aliphatic carbocycles. The van der Waals surface area contributed by atoms with Gasteiger partial charge in [0.2, 0.25) is 0 Å². The van der Waals surface area contributed by atoms with Crippen LogP contribution in [0.1, 0.15) is 15.9 Å². The maximum absolute atomic E-state index is 12.0. The molecule has 0 aromatic heterocycles. The first kappa shape index (κ1) is 14.3. The summed E-state index contributed by atoms with van der Waals surface area (Å²) in [5.41, 5.74) is 1.40. The van der Waals surface area contributed by atoms with Crippen LogP contribution in [0.2, 0.25) is 0 Å². The minimum Gasteiger partial charge on any atom is -0.504 e. The highest BCUT2D eigenvalue weighted by atomic mass is 79.9. The summed E-state index contributed by atoms with van der Waals surface area (Å²) in [5, 5.41) is 9.49. The van der Waals surface area contributed by atoms with E-state index in [1.807, 2.05) is 24.3 Å². The summed E-state index contributed by atoms with van der Waals surface area (Å²) in [5.74, 6) is 0.153. The molecule has 0 aliphatic rings. The molecule has 3 nitrogen and oxygen atoms in total. The van der Waals surface area contributed by atoms with E-state index in [1.165, 1.54) is 25.3 Å². The Morgan fingerprint density at radius 1 is 1.20 bits per heavy atom. The number of phenols is 1. The van der Waals surface area contributed by atoms with E-state index >= 15 is 0 Å². The number of phenolic OH excluding ortho intramolecular Hbond substituents is 1. The van der Waals surface area contributed by atoms with Gasteiger partial charge in [0.05, 0.1) is 7.11 Å². The van der Waals surface area contributed by atoms with Gasteiger partial charge in [0, 0.05) is 10.0 Å². The molecule has 0 spiro atoms. The summed E-state index contributed by atoms with van der Waals surface area (Å²) in [6.45, 7) is 0. The second-order valence-corrected chi connectivity index (χ2v) is 5.05. The molecule has 0 radical (unpaired) electrons. The average Bonchev–Trinajstić information content (AvgIpc) is 2.47. The zero-order valence-electron chi connectivity index (χ0n) is 10.8. The van der Waals surface area contributed by atoms with Crippen molar-refractivity contribution in [1.29, 1.82) is 0 Å². The van der Waals surface area contributed by atoms with Crippen LogP contribution in [0.25, 0.3) is 6.08 Å². The summed E-state index contributed by atoms with van der Waals surface area (Å²) in [7, 11) is 1.45. The first-order valence-electron chi connectivity index (χ1n) is 5.95. The zero-order valence-corrected chi connectivity index (χ0v) is 12.4. The molecular formula is C16H13BrO3. The van der Waals surface area contributed by atoms with E-state index in [-0.39, 0.29) is 17.3 Å². The van der Waals surface area contributed by atoms with Crippen molar-refractivity contribution >= 4 is 27.8 Å². The highest BCUT2D eigenvalue weighted by molar-refractivity contribution is 9.10. The summed E-state index contributed by atoms with van der Waals surface area (Å²) in [6, 6.07) is 12.2. The molecule has 0 aliphatic heterocycles. The molecule has 0 saturated carbocycles. The molecule has 0 fully saturated rings. The minimum atomic E-state index is -0.147. The van der Waals surface area contributed by atoms with Gasteiger partial charge in [0.1, 0.15) is 0 Å². The lowest BCUT2D eigenvalue weighted by molar-refractivity contribution is 0.104. The molecule has 0 heterocycles. The molecule has 0 saturated heterocycles.